The average molecular weight is 282 g/mol. The van der Waals surface area contributed by atoms with Gasteiger partial charge in [0, 0.05) is 12.6 Å². The molecule has 106 valence electrons. The van der Waals surface area contributed by atoms with Gasteiger partial charge in [0.05, 0.1) is 4.90 Å². The second kappa shape index (κ2) is 6.03. The standard InChI is InChI=1S/C14H22N2O2S/c1-11-5-3-7-13(9-11)19(17,18)16-10-14-12(2)6-4-8-15-14/h3,5,7,9,12,14-16H,4,6,8,10H2,1-2H3. The fourth-order valence-electron chi connectivity index (χ4n) is 2.45. The summed E-state index contributed by atoms with van der Waals surface area (Å²) in [5, 5.41) is 3.38. The number of hydrogen-bond acceptors (Lipinski definition) is 3. The van der Waals surface area contributed by atoms with Crippen LogP contribution in [0.3, 0.4) is 0 Å². The highest BCUT2D eigenvalue weighted by atomic mass is 32.2. The smallest absolute Gasteiger partial charge is 0.240 e. The van der Waals surface area contributed by atoms with E-state index in [0.29, 0.717) is 17.4 Å². The Kier molecular flexibility index (Phi) is 4.60. The molecule has 1 aromatic rings. The summed E-state index contributed by atoms with van der Waals surface area (Å²) in [4.78, 5) is 0.343. The van der Waals surface area contributed by atoms with Crippen LogP contribution in [0.4, 0.5) is 0 Å². The molecule has 0 aliphatic carbocycles. The van der Waals surface area contributed by atoms with Crippen molar-refractivity contribution < 1.29 is 8.42 Å². The second-order valence-corrected chi connectivity index (χ2v) is 7.12. The molecule has 2 atom stereocenters. The Hall–Kier alpha value is -0.910. The van der Waals surface area contributed by atoms with Crippen molar-refractivity contribution in [1.29, 1.82) is 0 Å². The molecule has 1 saturated heterocycles. The van der Waals surface area contributed by atoms with Crippen LogP contribution in [0, 0.1) is 12.8 Å². The van der Waals surface area contributed by atoms with Crippen molar-refractivity contribution >= 4 is 10.0 Å². The highest BCUT2D eigenvalue weighted by Gasteiger charge is 2.23. The SMILES string of the molecule is Cc1cccc(S(=O)(=O)NCC2NCCCC2C)c1. The van der Waals surface area contributed by atoms with Gasteiger partial charge in [-0.1, -0.05) is 19.1 Å². The monoisotopic (exact) mass is 282 g/mol. The van der Waals surface area contributed by atoms with Gasteiger partial charge in [0.25, 0.3) is 0 Å². The Morgan fingerprint density at radius 2 is 2.21 bits per heavy atom. The zero-order valence-electron chi connectivity index (χ0n) is 11.5. The first kappa shape index (κ1) is 14.5. The predicted molar refractivity (Wildman–Crippen MR) is 76.6 cm³/mol. The van der Waals surface area contributed by atoms with Crippen molar-refractivity contribution in [2.75, 3.05) is 13.1 Å². The maximum absolute atomic E-state index is 12.2. The number of piperidine rings is 1. The van der Waals surface area contributed by atoms with Gasteiger partial charge in [-0.2, -0.15) is 0 Å². The summed E-state index contributed by atoms with van der Waals surface area (Å²) in [5.74, 6) is 0.508. The number of sulfonamides is 1. The number of hydrogen-bond donors (Lipinski definition) is 2. The van der Waals surface area contributed by atoms with Gasteiger partial charge < -0.3 is 5.32 Å². The highest BCUT2D eigenvalue weighted by Crippen LogP contribution is 2.16. The van der Waals surface area contributed by atoms with Crippen LogP contribution < -0.4 is 10.0 Å². The summed E-state index contributed by atoms with van der Waals surface area (Å²) in [6.07, 6.45) is 2.33. The molecule has 0 aromatic heterocycles. The Bertz CT molecular complexity index is 528. The lowest BCUT2D eigenvalue weighted by Crippen LogP contribution is -2.47. The quantitative estimate of drug-likeness (QED) is 0.883. The molecule has 19 heavy (non-hydrogen) atoms. The van der Waals surface area contributed by atoms with E-state index in [-0.39, 0.29) is 6.04 Å². The third-order valence-electron chi connectivity index (χ3n) is 3.72. The van der Waals surface area contributed by atoms with Crippen molar-refractivity contribution in [3.05, 3.63) is 29.8 Å². The van der Waals surface area contributed by atoms with E-state index in [9.17, 15) is 8.42 Å². The molecule has 0 amide bonds. The molecular weight excluding hydrogens is 260 g/mol. The maximum Gasteiger partial charge on any atom is 0.240 e. The van der Waals surface area contributed by atoms with Crippen molar-refractivity contribution in [2.24, 2.45) is 5.92 Å². The molecular formula is C14H22N2O2S. The Labute approximate surface area is 115 Å². The first-order valence-electron chi connectivity index (χ1n) is 6.79. The fraction of sp³-hybridized carbons (Fsp3) is 0.571. The van der Waals surface area contributed by atoms with Crippen molar-refractivity contribution in [3.63, 3.8) is 0 Å². The number of nitrogens with one attached hydrogen (secondary N) is 2. The van der Waals surface area contributed by atoms with E-state index in [1.165, 1.54) is 6.42 Å². The van der Waals surface area contributed by atoms with E-state index in [1.807, 2.05) is 13.0 Å². The number of benzene rings is 1. The van der Waals surface area contributed by atoms with Gasteiger partial charge in [-0.3, -0.25) is 0 Å². The predicted octanol–water partition coefficient (Wildman–Crippen LogP) is 1.66. The minimum absolute atomic E-state index is 0.230. The first-order valence-corrected chi connectivity index (χ1v) is 8.27. The van der Waals surface area contributed by atoms with Crippen LogP contribution in [0.2, 0.25) is 0 Å². The molecule has 2 N–H and O–H groups in total. The molecule has 0 saturated carbocycles. The molecule has 2 rings (SSSR count). The van der Waals surface area contributed by atoms with Crippen LogP contribution in [-0.2, 0) is 10.0 Å². The lowest BCUT2D eigenvalue weighted by Gasteiger charge is -2.30. The van der Waals surface area contributed by atoms with E-state index in [2.05, 4.69) is 17.0 Å². The van der Waals surface area contributed by atoms with E-state index < -0.39 is 10.0 Å². The fourth-order valence-corrected chi connectivity index (χ4v) is 3.62. The lowest BCUT2D eigenvalue weighted by atomic mass is 9.93. The maximum atomic E-state index is 12.2. The van der Waals surface area contributed by atoms with Gasteiger partial charge in [0.2, 0.25) is 10.0 Å². The van der Waals surface area contributed by atoms with Gasteiger partial charge in [-0.25, -0.2) is 13.1 Å². The lowest BCUT2D eigenvalue weighted by molar-refractivity contribution is 0.300. The van der Waals surface area contributed by atoms with Crippen LogP contribution >= 0.6 is 0 Å². The largest absolute Gasteiger partial charge is 0.312 e. The van der Waals surface area contributed by atoms with Crippen LogP contribution in [0.5, 0.6) is 0 Å². The first-order chi connectivity index (χ1) is 8.99. The van der Waals surface area contributed by atoms with E-state index >= 15 is 0 Å². The van der Waals surface area contributed by atoms with Gasteiger partial charge in [0.15, 0.2) is 0 Å². The van der Waals surface area contributed by atoms with Crippen LogP contribution in [0.25, 0.3) is 0 Å². The molecule has 1 aliphatic rings. The summed E-state index contributed by atoms with van der Waals surface area (Å²) in [5.41, 5.74) is 0.951. The summed E-state index contributed by atoms with van der Waals surface area (Å²) >= 11 is 0. The van der Waals surface area contributed by atoms with Crippen LogP contribution in [0.15, 0.2) is 29.2 Å². The van der Waals surface area contributed by atoms with Crippen LogP contribution in [0.1, 0.15) is 25.3 Å². The minimum Gasteiger partial charge on any atom is -0.312 e. The minimum atomic E-state index is -3.40. The molecule has 1 heterocycles. The Morgan fingerprint density at radius 1 is 1.42 bits per heavy atom. The molecule has 5 heteroatoms. The highest BCUT2D eigenvalue weighted by molar-refractivity contribution is 7.89. The zero-order chi connectivity index (χ0) is 13.9. The van der Waals surface area contributed by atoms with E-state index in [4.69, 9.17) is 0 Å². The number of rotatable bonds is 4. The molecule has 1 aliphatic heterocycles. The second-order valence-electron chi connectivity index (χ2n) is 5.35. The van der Waals surface area contributed by atoms with E-state index in [1.54, 1.807) is 18.2 Å². The van der Waals surface area contributed by atoms with Crippen molar-refractivity contribution in [3.8, 4) is 0 Å². The molecule has 4 nitrogen and oxygen atoms in total. The Morgan fingerprint density at radius 3 is 2.89 bits per heavy atom. The topological polar surface area (TPSA) is 58.2 Å². The summed E-state index contributed by atoms with van der Waals surface area (Å²) in [6.45, 7) is 5.49. The number of aryl methyl sites for hydroxylation is 1. The van der Waals surface area contributed by atoms with Gasteiger partial charge >= 0.3 is 0 Å². The van der Waals surface area contributed by atoms with Gasteiger partial charge in [0.1, 0.15) is 0 Å². The zero-order valence-corrected chi connectivity index (χ0v) is 12.3. The average Bonchev–Trinajstić information content (AvgIpc) is 2.38. The van der Waals surface area contributed by atoms with Gasteiger partial charge in [-0.05, 0) is 49.9 Å². The molecule has 0 bridgehead atoms. The third-order valence-corrected chi connectivity index (χ3v) is 5.14. The summed E-state index contributed by atoms with van der Waals surface area (Å²) in [6, 6.07) is 7.22. The molecule has 0 spiro atoms. The Balaban J connectivity index is 2.01. The molecule has 0 radical (unpaired) electrons. The summed E-state index contributed by atoms with van der Waals surface area (Å²) < 4.78 is 27.1. The van der Waals surface area contributed by atoms with Crippen molar-refractivity contribution in [2.45, 2.75) is 37.6 Å². The summed E-state index contributed by atoms with van der Waals surface area (Å²) in [7, 11) is -3.40. The molecule has 1 aromatic carbocycles. The van der Waals surface area contributed by atoms with Gasteiger partial charge in [-0.15, -0.1) is 0 Å². The van der Waals surface area contributed by atoms with Crippen molar-refractivity contribution in [1.82, 2.24) is 10.0 Å². The third kappa shape index (κ3) is 3.78. The normalized spacial score (nSPS) is 24.3. The molecule has 2 unspecified atom stereocenters. The van der Waals surface area contributed by atoms with E-state index in [0.717, 1.165) is 18.5 Å². The molecule has 1 fully saturated rings. The van der Waals surface area contributed by atoms with Crippen LogP contribution in [-0.4, -0.2) is 27.5 Å².